The van der Waals surface area contributed by atoms with Crippen LogP contribution in [-0.4, -0.2) is 31.7 Å². The summed E-state index contributed by atoms with van der Waals surface area (Å²) >= 11 is 6.05. The highest BCUT2D eigenvalue weighted by Gasteiger charge is 2.28. The smallest absolute Gasteiger partial charge is 0.343 e. The van der Waals surface area contributed by atoms with Crippen LogP contribution in [-0.2, 0) is 13.5 Å². The molecule has 1 aliphatic rings. The van der Waals surface area contributed by atoms with Crippen molar-refractivity contribution >= 4 is 17.5 Å². The van der Waals surface area contributed by atoms with Crippen LogP contribution >= 0.6 is 11.6 Å². The number of pyridine rings is 1. The van der Waals surface area contributed by atoms with Crippen LogP contribution in [0.5, 0.6) is 0 Å². The Morgan fingerprint density at radius 1 is 1.46 bits per heavy atom. The van der Waals surface area contributed by atoms with Crippen molar-refractivity contribution in [2.75, 3.05) is 0 Å². The second-order valence-electron chi connectivity index (χ2n) is 6.19. The molecule has 0 spiro atoms. The Morgan fingerprint density at radius 3 is 2.96 bits per heavy atom. The number of rotatable bonds is 4. The molecule has 2 aromatic heterocycles. The van der Waals surface area contributed by atoms with Crippen LogP contribution in [0.15, 0.2) is 23.3 Å². The zero-order chi connectivity index (χ0) is 17.1. The molecule has 1 amide bonds. The summed E-state index contributed by atoms with van der Waals surface area (Å²) in [6, 6.07) is 1.66. The molecule has 2 atom stereocenters. The zero-order valence-corrected chi connectivity index (χ0v) is 14.2. The van der Waals surface area contributed by atoms with Crippen molar-refractivity contribution in [2.45, 2.75) is 38.1 Å². The van der Waals surface area contributed by atoms with Gasteiger partial charge in [0.05, 0.1) is 10.6 Å². The van der Waals surface area contributed by atoms with Crippen LogP contribution in [0.1, 0.15) is 41.9 Å². The molecular formula is C16H20ClN5O2. The minimum absolute atomic E-state index is 0.0438. The van der Waals surface area contributed by atoms with Crippen molar-refractivity contribution in [1.82, 2.24) is 25.1 Å². The normalized spacial score (nSPS) is 20.8. The maximum absolute atomic E-state index is 12.5. The number of carbonyl (C=O) groups excluding carboxylic acids is 1. The highest BCUT2D eigenvalue weighted by molar-refractivity contribution is 6.33. The lowest BCUT2D eigenvalue weighted by Crippen LogP contribution is -2.43. The predicted octanol–water partition coefficient (Wildman–Crippen LogP) is 1.69. The van der Waals surface area contributed by atoms with Gasteiger partial charge in [-0.2, -0.15) is 5.10 Å². The quantitative estimate of drug-likeness (QED) is 0.878. The van der Waals surface area contributed by atoms with Crippen molar-refractivity contribution in [2.24, 2.45) is 13.0 Å². The van der Waals surface area contributed by atoms with Gasteiger partial charge in [-0.15, -0.1) is 0 Å². The van der Waals surface area contributed by atoms with Crippen LogP contribution in [0.2, 0.25) is 5.02 Å². The second kappa shape index (κ2) is 7.17. The molecule has 1 saturated carbocycles. The van der Waals surface area contributed by atoms with Gasteiger partial charge in [-0.3, -0.25) is 14.3 Å². The molecule has 7 nitrogen and oxygen atoms in total. The largest absolute Gasteiger partial charge is 0.349 e. The number of nitrogens with one attached hydrogen (secondary N) is 2. The van der Waals surface area contributed by atoms with Crippen molar-refractivity contribution in [3.05, 3.63) is 45.4 Å². The van der Waals surface area contributed by atoms with Gasteiger partial charge in [0.2, 0.25) is 0 Å². The molecule has 128 valence electrons. The monoisotopic (exact) mass is 349 g/mol. The molecule has 2 heterocycles. The van der Waals surface area contributed by atoms with E-state index < -0.39 is 0 Å². The molecule has 2 N–H and O–H groups in total. The maximum Gasteiger partial charge on any atom is 0.343 e. The Morgan fingerprint density at radius 2 is 2.25 bits per heavy atom. The lowest BCUT2D eigenvalue weighted by Gasteiger charge is -2.32. The number of H-pyrrole nitrogens is 1. The number of hydrogen-bond donors (Lipinski definition) is 2. The summed E-state index contributed by atoms with van der Waals surface area (Å²) in [5, 5.41) is 9.98. The Kier molecular flexibility index (Phi) is 4.99. The SMILES string of the molecule is Cn1c(C[C@H]2CCCC[C@H]2NC(=O)c2ccncc2Cl)n[nH]c1=O. The fourth-order valence-electron chi connectivity index (χ4n) is 3.24. The Labute approximate surface area is 144 Å². The predicted molar refractivity (Wildman–Crippen MR) is 90.0 cm³/mol. The number of hydrogen-bond acceptors (Lipinski definition) is 4. The highest BCUT2D eigenvalue weighted by Crippen LogP contribution is 2.27. The Hall–Kier alpha value is -2.15. The fraction of sp³-hybridized carbons (Fsp3) is 0.500. The van der Waals surface area contributed by atoms with Gasteiger partial charge in [0.25, 0.3) is 5.91 Å². The van der Waals surface area contributed by atoms with Gasteiger partial charge in [0.1, 0.15) is 5.82 Å². The fourth-order valence-corrected chi connectivity index (χ4v) is 3.45. The summed E-state index contributed by atoms with van der Waals surface area (Å²) in [6.07, 6.45) is 7.78. The van der Waals surface area contributed by atoms with Gasteiger partial charge in [-0.05, 0) is 24.8 Å². The molecule has 3 rings (SSSR count). The van der Waals surface area contributed by atoms with E-state index in [9.17, 15) is 9.59 Å². The third kappa shape index (κ3) is 3.51. The standard InChI is InChI=1S/C16H20ClN5O2/c1-22-14(20-21-16(22)24)8-10-4-2-3-5-13(10)19-15(23)11-6-7-18-9-12(11)17/h6-7,9-10,13H,2-5,8H2,1H3,(H,19,23)(H,21,24)/t10-,13-/m1/s1. The summed E-state index contributed by atoms with van der Waals surface area (Å²) in [5.74, 6) is 0.778. The molecule has 0 aliphatic heterocycles. The summed E-state index contributed by atoms with van der Waals surface area (Å²) in [6.45, 7) is 0. The summed E-state index contributed by atoms with van der Waals surface area (Å²) in [7, 11) is 1.70. The molecule has 8 heteroatoms. The molecule has 24 heavy (non-hydrogen) atoms. The second-order valence-corrected chi connectivity index (χ2v) is 6.60. The van der Waals surface area contributed by atoms with Gasteiger partial charge in [-0.1, -0.05) is 24.4 Å². The van der Waals surface area contributed by atoms with Gasteiger partial charge in [-0.25, -0.2) is 9.89 Å². The molecule has 2 aromatic rings. The van der Waals surface area contributed by atoms with Crippen molar-refractivity contribution < 1.29 is 4.79 Å². The van der Waals surface area contributed by atoms with E-state index in [1.807, 2.05) is 0 Å². The van der Waals surface area contributed by atoms with E-state index >= 15 is 0 Å². The van der Waals surface area contributed by atoms with E-state index in [0.29, 0.717) is 22.8 Å². The van der Waals surface area contributed by atoms with E-state index in [1.165, 1.54) is 10.8 Å². The minimum atomic E-state index is -0.218. The highest BCUT2D eigenvalue weighted by atomic mass is 35.5. The molecule has 1 fully saturated rings. The summed E-state index contributed by atoms with van der Waals surface area (Å²) in [5.41, 5.74) is 0.216. The van der Waals surface area contributed by atoms with Crippen LogP contribution < -0.4 is 11.0 Å². The van der Waals surface area contributed by atoms with E-state index in [4.69, 9.17) is 11.6 Å². The number of aromatic amines is 1. The van der Waals surface area contributed by atoms with Crippen LogP contribution in [0.4, 0.5) is 0 Å². The van der Waals surface area contributed by atoms with E-state index in [0.717, 1.165) is 25.7 Å². The minimum Gasteiger partial charge on any atom is -0.349 e. The zero-order valence-electron chi connectivity index (χ0n) is 13.5. The third-order valence-electron chi connectivity index (χ3n) is 4.66. The number of nitrogens with zero attached hydrogens (tertiary/aromatic N) is 3. The van der Waals surface area contributed by atoms with E-state index in [1.54, 1.807) is 19.3 Å². The number of carbonyl (C=O) groups is 1. The molecule has 0 bridgehead atoms. The van der Waals surface area contributed by atoms with Gasteiger partial charge < -0.3 is 5.32 Å². The number of amides is 1. The van der Waals surface area contributed by atoms with Crippen molar-refractivity contribution in [1.29, 1.82) is 0 Å². The van der Waals surface area contributed by atoms with E-state index in [-0.39, 0.29) is 23.6 Å². The van der Waals surface area contributed by atoms with Crippen molar-refractivity contribution in [3.63, 3.8) is 0 Å². The molecule has 0 radical (unpaired) electrons. The molecule has 0 unspecified atom stereocenters. The number of aromatic nitrogens is 4. The third-order valence-corrected chi connectivity index (χ3v) is 4.96. The first-order chi connectivity index (χ1) is 11.6. The summed E-state index contributed by atoms with van der Waals surface area (Å²) < 4.78 is 1.52. The molecule has 0 saturated heterocycles. The first-order valence-corrected chi connectivity index (χ1v) is 8.44. The van der Waals surface area contributed by atoms with Gasteiger partial charge in [0.15, 0.2) is 0 Å². The van der Waals surface area contributed by atoms with Crippen molar-refractivity contribution in [3.8, 4) is 0 Å². The first-order valence-electron chi connectivity index (χ1n) is 8.07. The van der Waals surface area contributed by atoms with Crippen LogP contribution in [0, 0.1) is 5.92 Å². The van der Waals surface area contributed by atoms with E-state index in [2.05, 4.69) is 20.5 Å². The summed E-state index contributed by atoms with van der Waals surface area (Å²) in [4.78, 5) is 27.9. The first kappa shape index (κ1) is 16.7. The molecular weight excluding hydrogens is 330 g/mol. The Bertz CT molecular complexity index is 785. The molecule has 0 aromatic carbocycles. The maximum atomic E-state index is 12.5. The van der Waals surface area contributed by atoms with Gasteiger partial charge in [0, 0.05) is 31.9 Å². The number of halogens is 1. The van der Waals surface area contributed by atoms with Crippen LogP contribution in [0.25, 0.3) is 0 Å². The van der Waals surface area contributed by atoms with Crippen LogP contribution in [0.3, 0.4) is 0 Å². The molecule has 1 aliphatic carbocycles. The van der Waals surface area contributed by atoms with Gasteiger partial charge >= 0.3 is 5.69 Å². The average molecular weight is 350 g/mol. The lowest BCUT2D eigenvalue weighted by molar-refractivity contribution is 0.0905. The average Bonchev–Trinajstić information content (AvgIpc) is 2.89. The topological polar surface area (TPSA) is 92.7 Å². The Balaban J connectivity index is 1.73. The lowest BCUT2D eigenvalue weighted by atomic mass is 9.82.